The number of amides is 3. The number of para-hydroxylation sites is 1. The van der Waals surface area contributed by atoms with Crippen molar-refractivity contribution in [2.75, 3.05) is 69.9 Å². The Balaban J connectivity index is 1.48. The summed E-state index contributed by atoms with van der Waals surface area (Å²) in [4.78, 5) is 42.9. The molecule has 1 unspecified atom stereocenters. The molecule has 2 fully saturated rings. The number of hydrogen-bond acceptors (Lipinski definition) is 10. The van der Waals surface area contributed by atoms with Gasteiger partial charge in [-0.3, -0.25) is 9.69 Å². The van der Waals surface area contributed by atoms with Crippen molar-refractivity contribution < 1.29 is 27.5 Å². The molecule has 52 heavy (non-hydrogen) atoms. The molecular weight excluding hydrogens is 683 g/mol. The van der Waals surface area contributed by atoms with Crippen LogP contribution in [0.3, 0.4) is 0 Å². The lowest BCUT2D eigenvalue weighted by Gasteiger charge is -2.46. The minimum absolute atomic E-state index is 0.0257. The van der Waals surface area contributed by atoms with E-state index in [0.717, 1.165) is 49.9 Å². The number of rotatable bonds is 11. The third-order valence-corrected chi connectivity index (χ3v) is 12.1. The zero-order valence-electron chi connectivity index (χ0n) is 30.3. The number of piperidine rings is 1. The van der Waals surface area contributed by atoms with Gasteiger partial charge in [0.15, 0.2) is 5.54 Å². The smallest absolute Gasteiger partial charge is 0.321 e. The molecule has 3 aliphatic rings. The third-order valence-electron chi connectivity index (χ3n) is 10.4. The van der Waals surface area contributed by atoms with Gasteiger partial charge in [0.2, 0.25) is 5.88 Å². The maximum absolute atomic E-state index is 15.5. The van der Waals surface area contributed by atoms with Gasteiger partial charge in [-0.1, -0.05) is 19.1 Å². The van der Waals surface area contributed by atoms with Crippen molar-refractivity contribution in [1.29, 1.82) is 5.26 Å². The monoisotopic (exact) mass is 729 g/mol. The lowest BCUT2D eigenvalue weighted by Crippen LogP contribution is -2.61. The number of urea groups is 1. The van der Waals surface area contributed by atoms with Crippen molar-refractivity contribution in [1.82, 2.24) is 24.6 Å². The predicted octanol–water partition coefficient (Wildman–Crippen LogP) is 4.27. The molecule has 1 atom stereocenters. The summed E-state index contributed by atoms with van der Waals surface area (Å²) in [6, 6.07) is 15.9. The third kappa shape index (κ3) is 6.35. The van der Waals surface area contributed by atoms with Crippen LogP contribution in [0.4, 0.5) is 10.5 Å². The number of piperazine rings is 1. The van der Waals surface area contributed by atoms with Crippen LogP contribution >= 0.6 is 0 Å². The molecule has 0 aliphatic carbocycles. The number of sulfonamides is 1. The number of carbonyl (C=O) groups excluding carboxylic acids is 2. The van der Waals surface area contributed by atoms with Gasteiger partial charge in [-0.05, 0) is 82.6 Å². The van der Waals surface area contributed by atoms with E-state index in [4.69, 9.17) is 9.47 Å². The van der Waals surface area contributed by atoms with Gasteiger partial charge < -0.3 is 24.2 Å². The number of ether oxygens (including phenoxy) is 2. The van der Waals surface area contributed by atoms with Crippen molar-refractivity contribution in [3.8, 4) is 17.7 Å². The molecule has 0 bridgehead atoms. The number of aromatic nitrogens is 1. The van der Waals surface area contributed by atoms with Gasteiger partial charge in [0.1, 0.15) is 10.6 Å². The number of likely N-dealkylation sites (N-methyl/N-ethyl adjacent to an activating group) is 2. The summed E-state index contributed by atoms with van der Waals surface area (Å²) in [5, 5.41) is 10.1. The highest BCUT2D eigenvalue weighted by molar-refractivity contribution is 7.93. The Bertz CT molecular complexity index is 1940. The van der Waals surface area contributed by atoms with Crippen molar-refractivity contribution in [2.24, 2.45) is 0 Å². The molecule has 4 heterocycles. The fourth-order valence-corrected chi connectivity index (χ4v) is 9.45. The summed E-state index contributed by atoms with van der Waals surface area (Å²) in [6.07, 6.45) is 3.07. The van der Waals surface area contributed by atoms with Gasteiger partial charge in [-0.25, -0.2) is 18.2 Å². The van der Waals surface area contributed by atoms with Gasteiger partial charge in [0.05, 0.1) is 36.1 Å². The Morgan fingerprint density at radius 3 is 2.31 bits per heavy atom. The van der Waals surface area contributed by atoms with Crippen molar-refractivity contribution >= 4 is 27.6 Å². The predicted molar refractivity (Wildman–Crippen MR) is 196 cm³/mol. The number of likely N-dealkylation sites (tertiary alicyclic amines) is 1. The maximum Gasteiger partial charge on any atom is 0.321 e. The van der Waals surface area contributed by atoms with Gasteiger partial charge >= 0.3 is 6.03 Å². The van der Waals surface area contributed by atoms with Crippen molar-refractivity contribution in [2.45, 2.75) is 57.0 Å². The second-order valence-corrected chi connectivity index (χ2v) is 14.8. The second-order valence-electron chi connectivity index (χ2n) is 13.0. The number of carbonyl (C=O) groups is 2. The van der Waals surface area contributed by atoms with E-state index in [9.17, 15) is 18.5 Å². The Labute approximate surface area is 306 Å². The number of pyridine rings is 1. The van der Waals surface area contributed by atoms with Gasteiger partial charge in [-0.15, -0.1) is 0 Å². The van der Waals surface area contributed by atoms with E-state index < -0.39 is 27.5 Å². The highest BCUT2D eigenvalue weighted by atomic mass is 32.2. The van der Waals surface area contributed by atoms with Crippen LogP contribution in [0.2, 0.25) is 0 Å². The average molecular weight is 730 g/mol. The Morgan fingerprint density at radius 1 is 0.942 bits per heavy atom. The first kappa shape index (κ1) is 37.1. The van der Waals surface area contributed by atoms with E-state index in [0.29, 0.717) is 19.1 Å². The minimum Gasteiger partial charge on any atom is -0.492 e. The lowest BCUT2D eigenvalue weighted by molar-refractivity contribution is -0.125. The topological polar surface area (TPSA) is 140 Å². The quantitative estimate of drug-likeness (QED) is 0.281. The molecule has 3 aliphatic heterocycles. The summed E-state index contributed by atoms with van der Waals surface area (Å²) >= 11 is 0. The molecule has 0 saturated carbocycles. The van der Waals surface area contributed by atoms with Crippen LogP contribution in [-0.4, -0.2) is 117 Å². The molecular formula is C38H47N7O6S. The molecule has 0 radical (unpaired) electrons. The highest BCUT2D eigenvalue weighted by Crippen LogP contribution is 2.53. The largest absolute Gasteiger partial charge is 0.492 e. The van der Waals surface area contributed by atoms with Crippen LogP contribution in [0, 0.1) is 11.3 Å². The van der Waals surface area contributed by atoms with Crippen LogP contribution in [-0.2, 0) is 20.4 Å². The molecule has 2 aromatic carbocycles. The molecule has 3 aromatic rings. The van der Waals surface area contributed by atoms with E-state index in [1.54, 1.807) is 49.9 Å². The first-order valence-corrected chi connectivity index (χ1v) is 19.6. The van der Waals surface area contributed by atoms with Crippen LogP contribution in [0.15, 0.2) is 65.7 Å². The van der Waals surface area contributed by atoms with Crippen LogP contribution in [0.5, 0.6) is 11.6 Å². The molecule has 6 rings (SSSR count). The molecule has 0 N–H and O–H groups in total. The van der Waals surface area contributed by atoms with Gasteiger partial charge in [0.25, 0.3) is 15.9 Å². The standard InChI is InChI=1S/C38H47N7O6S/c1-5-41-22-24-42(25-23-41)29-17-20-43(21-18-29)37(47)44(6-2)38(30-12-11-19-40-35(30)51-8-4)31-26-28(27-39)15-16-32(31)45(36(38)46)52(48,49)34-14-10-9-13-33(34)50-7-3/h9-16,19,26,29H,5-8,17-18,20-25H2,1-4H3. The normalized spacial score (nSPS) is 20.0. The average Bonchev–Trinajstić information content (AvgIpc) is 3.43. The summed E-state index contributed by atoms with van der Waals surface area (Å²) in [5.41, 5.74) is -1.47. The molecule has 14 heteroatoms. The molecule has 2 saturated heterocycles. The summed E-state index contributed by atoms with van der Waals surface area (Å²) in [5.74, 6) is -0.738. The van der Waals surface area contributed by atoms with E-state index >= 15 is 4.79 Å². The highest BCUT2D eigenvalue weighted by Gasteiger charge is 2.62. The first-order chi connectivity index (χ1) is 25.2. The summed E-state index contributed by atoms with van der Waals surface area (Å²) < 4.78 is 42.0. The number of benzene rings is 2. The maximum atomic E-state index is 15.5. The van der Waals surface area contributed by atoms with Crippen molar-refractivity contribution in [3.05, 3.63) is 77.5 Å². The van der Waals surface area contributed by atoms with Crippen molar-refractivity contribution in [3.63, 3.8) is 0 Å². The summed E-state index contributed by atoms with van der Waals surface area (Å²) in [6.45, 7) is 13.9. The molecule has 0 spiro atoms. The van der Waals surface area contributed by atoms with Crippen LogP contribution in [0.1, 0.15) is 57.2 Å². The van der Waals surface area contributed by atoms with E-state index in [-0.39, 0.29) is 58.7 Å². The van der Waals surface area contributed by atoms with Gasteiger partial charge in [0, 0.05) is 63.6 Å². The molecule has 276 valence electrons. The second kappa shape index (κ2) is 15.5. The number of nitrogens with zero attached hydrogens (tertiary/aromatic N) is 7. The SMILES string of the molecule is CCOc1ccccc1S(=O)(=O)N1C(=O)C(c2cccnc2OCC)(N(CC)C(=O)N2CCC(N3CCN(CC)CC3)CC2)c2cc(C#N)ccc21. The Morgan fingerprint density at radius 2 is 1.65 bits per heavy atom. The minimum atomic E-state index is -4.64. The zero-order valence-corrected chi connectivity index (χ0v) is 31.1. The Hall–Kier alpha value is -4.71. The van der Waals surface area contributed by atoms with Crippen LogP contribution in [0.25, 0.3) is 0 Å². The van der Waals surface area contributed by atoms with E-state index in [2.05, 4.69) is 27.8 Å². The fraction of sp³-hybridized carbons (Fsp3) is 0.474. The van der Waals surface area contributed by atoms with Crippen LogP contribution < -0.4 is 13.8 Å². The lowest BCUT2D eigenvalue weighted by atomic mass is 9.81. The van der Waals surface area contributed by atoms with Gasteiger partial charge in [-0.2, -0.15) is 9.57 Å². The van der Waals surface area contributed by atoms with E-state index in [1.807, 2.05) is 0 Å². The number of nitriles is 1. The number of fused-ring (bicyclic) bond motifs is 1. The Kier molecular flexibility index (Phi) is 11.0. The fourth-order valence-electron chi connectivity index (χ4n) is 7.86. The first-order valence-electron chi connectivity index (χ1n) is 18.1. The van der Waals surface area contributed by atoms with E-state index in [1.165, 1.54) is 41.4 Å². The number of hydrogen-bond donors (Lipinski definition) is 0. The number of anilines is 1. The zero-order chi connectivity index (χ0) is 37.0. The molecule has 1 aromatic heterocycles. The molecule has 3 amide bonds. The summed E-state index contributed by atoms with van der Waals surface area (Å²) in [7, 11) is -4.64. The molecule has 13 nitrogen and oxygen atoms in total.